The summed E-state index contributed by atoms with van der Waals surface area (Å²) in [7, 11) is 0. The van der Waals surface area contributed by atoms with Crippen LogP contribution in [0.5, 0.6) is 0 Å². The molecule has 100 valence electrons. The highest BCUT2D eigenvalue weighted by atomic mass is 127. The highest BCUT2D eigenvalue weighted by Crippen LogP contribution is 2.21. The van der Waals surface area contributed by atoms with E-state index in [9.17, 15) is 4.79 Å². The van der Waals surface area contributed by atoms with Crippen LogP contribution in [0.15, 0.2) is 24.3 Å². The van der Waals surface area contributed by atoms with E-state index in [4.69, 9.17) is 0 Å². The maximum absolute atomic E-state index is 12.2. The molecule has 1 atom stereocenters. The molecule has 5 heteroatoms. The van der Waals surface area contributed by atoms with Gasteiger partial charge in [-0.25, -0.2) is 0 Å². The van der Waals surface area contributed by atoms with Crippen molar-refractivity contribution in [2.75, 3.05) is 11.9 Å². The zero-order valence-electron chi connectivity index (χ0n) is 10.3. The van der Waals surface area contributed by atoms with Crippen molar-refractivity contribution in [3.63, 3.8) is 0 Å². The Hall–Kier alpha value is -0.330. The van der Waals surface area contributed by atoms with Gasteiger partial charge >= 0.3 is 0 Å². The molecule has 1 aliphatic rings. The fourth-order valence-electron chi connectivity index (χ4n) is 2.09. The van der Waals surface area contributed by atoms with E-state index in [1.54, 1.807) is 0 Å². The Morgan fingerprint density at radius 3 is 2.83 bits per heavy atom. The summed E-state index contributed by atoms with van der Waals surface area (Å²) in [5.74, 6) is 0.0687. The van der Waals surface area contributed by atoms with Gasteiger partial charge in [0.25, 0.3) is 0 Å². The largest absolute Gasteiger partial charge is 0.324 e. The second-order valence-electron chi connectivity index (χ2n) is 4.68. The van der Waals surface area contributed by atoms with Gasteiger partial charge in [-0.3, -0.25) is 4.79 Å². The van der Waals surface area contributed by atoms with Gasteiger partial charge in [-0.2, -0.15) is 0 Å². The third kappa shape index (κ3) is 3.83. The van der Waals surface area contributed by atoms with E-state index in [2.05, 4.69) is 33.2 Å². The number of benzene rings is 1. The maximum atomic E-state index is 12.2. The zero-order chi connectivity index (χ0) is 12.3. The topological polar surface area (TPSA) is 41.1 Å². The van der Waals surface area contributed by atoms with Crippen LogP contribution in [0.4, 0.5) is 5.69 Å². The summed E-state index contributed by atoms with van der Waals surface area (Å²) in [6.07, 6.45) is 3.18. The van der Waals surface area contributed by atoms with E-state index >= 15 is 0 Å². The highest BCUT2D eigenvalue weighted by molar-refractivity contribution is 14.1. The van der Waals surface area contributed by atoms with Gasteiger partial charge in [0, 0.05) is 9.26 Å². The quantitative estimate of drug-likeness (QED) is 0.774. The molecule has 1 aromatic carbocycles. The average Bonchev–Trinajstić information content (AvgIpc) is 2.30. The zero-order valence-corrected chi connectivity index (χ0v) is 13.3. The van der Waals surface area contributed by atoms with Crippen molar-refractivity contribution in [3.8, 4) is 0 Å². The lowest BCUT2D eigenvalue weighted by atomic mass is 9.90. The summed E-state index contributed by atoms with van der Waals surface area (Å²) < 4.78 is 1.13. The van der Waals surface area contributed by atoms with Gasteiger partial charge in [0.05, 0.1) is 5.54 Å². The molecule has 18 heavy (non-hydrogen) atoms. The Morgan fingerprint density at radius 2 is 2.22 bits per heavy atom. The number of anilines is 1. The molecule has 3 nitrogen and oxygen atoms in total. The van der Waals surface area contributed by atoms with E-state index in [0.717, 1.165) is 35.1 Å². The Bertz CT molecular complexity index is 419. The SMILES string of the molecule is CC1(C(=O)Nc2cccc(I)c2)CCCCN1.Cl. The van der Waals surface area contributed by atoms with Crippen molar-refractivity contribution in [1.82, 2.24) is 5.32 Å². The predicted molar refractivity (Wildman–Crippen MR) is 85.3 cm³/mol. The summed E-state index contributed by atoms with van der Waals surface area (Å²) in [6, 6.07) is 7.86. The first-order chi connectivity index (χ1) is 8.10. The third-order valence-electron chi connectivity index (χ3n) is 3.20. The first-order valence-corrected chi connectivity index (χ1v) is 7.00. The number of carbonyl (C=O) groups is 1. The van der Waals surface area contributed by atoms with Crippen LogP contribution in [-0.2, 0) is 4.79 Å². The van der Waals surface area contributed by atoms with Crippen LogP contribution in [0.1, 0.15) is 26.2 Å². The first-order valence-electron chi connectivity index (χ1n) is 5.92. The molecule has 1 aliphatic heterocycles. The lowest BCUT2D eigenvalue weighted by molar-refractivity contribution is -0.122. The lowest BCUT2D eigenvalue weighted by Gasteiger charge is -2.33. The van der Waals surface area contributed by atoms with Crippen LogP contribution in [0, 0.1) is 3.57 Å². The van der Waals surface area contributed by atoms with Crippen molar-refractivity contribution >= 4 is 46.6 Å². The summed E-state index contributed by atoms with van der Waals surface area (Å²) in [5, 5.41) is 6.30. The fourth-order valence-corrected chi connectivity index (χ4v) is 2.63. The monoisotopic (exact) mass is 380 g/mol. The minimum absolute atomic E-state index is 0. The van der Waals surface area contributed by atoms with Crippen molar-refractivity contribution in [2.45, 2.75) is 31.7 Å². The second-order valence-corrected chi connectivity index (χ2v) is 5.93. The molecule has 1 fully saturated rings. The number of rotatable bonds is 2. The van der Waals surface area contributed by atoms with Crippen LogP contribution < -0.4 is 10.6 Å². The van der Waals surface area contributed by atoms with Crippen LogP contribution in [0.2, 0.25) is 0 Å². The van der Waals surface area contributed by atoms with Crippen molar-refractivity contribution in [3.05, 3.63) is 27.8 Å². The number of hydrogen-bond donors (Lipinski definition) is 2. The van der Waals surface area contributed by atoms with Crippen LogP contribution in [0.25, 0.3) is 0 Å². The molecule has 2 rings (SSSR count). The summed E-state index contributed by atoms with van der Waals surface area (Å²) in [4.78, 5) is 12.2. The van der Waals surface area contributed by atoms with E-state index in [0.29, 0.717) is 0 Å². The molecule has 0 aliphatic carbocycles. The van der Waals surface area contributed by atoms with Crippen molar-refractivity contribution in [1.29, 1.82) is 0 Å². The number of carbonyl (C=O) groups excluding carboxylic acids is 1. The van der Waals surface area contributed by atoms with E-state index in [1.807, 2.05) is 31.2 Å². The van der Waals surface area contributed by atoms with Crippen LogP contribution in [-0.4, -0.2) is 18.0 Å². The fraction of sp³-hybridized carbons (Fsp3) is 0.462. The molecular formula is C13H18ClIN2O. The molecule has 1 saturated heterocycles. The van der Waals surface area contributed by atoms with E-state index in [1.165, 1.54) is 0 Å². The molecule has 0 radical (unpaired) electrons. The average molecular weight is 381 g/mol. The molecule has 0 spiro atoms. The highest BCUT2D eigenvalue weighted by Gasteiger charge is 2.34. The molecule has 1 amide bonds. The van der Waals surface area contributed by atoms with Gasteiger partial charge in [0.1, 0.15) is 0 Å². The number of amides is 1. The smallest absolute Gasteiger partial charge is 0.244 e. The first kappa shape index (κ1) is 15.7. The van der Waals surface area contributed by atoms with Gasteiger partial charge in [-0.15, -0.1) is 12.4 Å². The van der Waals surface area contributed by atoms with E-state index in [-0.39, 0.29) is 18.3 Å². The standard InChI is InChI=1S/C13H17IN2O.ClH/c1-13(7-2-3-8-15-13)12(17)16-11-6-4-5-10(14)9-11;/h4-6,9,15H,2-3,7-8H2,1H3,(H,16,17);1H. The molecule has 2 N–H and O–H groups in total. The van der Waals surface area contributed by atoms with Crippen LogP contribution >= 0.6 is 35.0 Å². The molecule has 0 aromatic heterocycles. The Labute approximate surface area is 128 Å². The summed E-state index contributed by atoms with van der Waals surface area (Å²) in [5.41, 5.74) is 0.454. The van der Waals surface area contributed by atoms with E-state index < -0.39 is 5.54 Å². The Balaban J connectivity index is 0.00000162. The van der Waals surface area contributed by atoms with Crippen LogP contribution in [0.3, 0.4) is 0 Å². The van der Waals surface area contributed by atoms with Gasteiger partial charge in [0.15, 0.2) is 0 Å². The number of hydrogen-bond acceptors (Lipinski definition) is 2. The number of nitrogens with one attached hydrogen (secondary N) is 2. The predicted octanol–water partition coefficient (Wildman–Crippen LogP) is 3.18. The number of halogens is 2. The molecule has 1 aromatic rings. The summed E-state index contributed by atoms with van der Waals surface area (Å²) in [6.45, 7) is 2.91. The Kier molecular flexibility index (Phi) is 5.88. The minimum Gasteiger partial charge on any atom is -0.324 e. The second kappa shape index (κ2) is 6.73. The third-order valence-corrected chi connectivity index (χ3v) is 3.87. The van der Waals surface area contributed by atoms with Gasteiger partial charge in [0.2, 0.25) is 5.91 Å². The van der Waals surface area contributed by atoms with Crippen molar-refractivity contribution < 1.29 is 4.79 Å². The molecule has 0 saturated carbocycles. The normalized spacial score (nSPS) is 23.0. The maximum Gasteiger partial charge on any atom is 0.244 e. The summed E-state index contributed by atoms with van der Waals surface area (Å²) >= 11 is 2.24. The minimum atomic E-state index is -0.417. The van der Waals surface area contributed by atoms with Crippen molar-refractivity contribution in [2.24, 2.45) is 0 Å². The molecular weight excluding hydrogens is 363 g/mol. The lowest BCUT2D eigenvalue weighted by Crippen LogP contribution is -2.54. The van der Waals surface area contributed by atoms with Gasteiger partial charge in [-0.05, 0) is 73.5 Å². The molecule has 0 bridgehead atoms. The van der Waals surface area contributed by atoms with Gasteiger partial charge < -0.3 is 10.6 Å². The molecule has 1 heterocycles. The number of piperidine rings is 1. The van der Waals surface area contributed by atoms with Gasteiger partial charge in [-0.1, -0.05) is 6.07 Å². The molecule has 1 unspecified atom stereocenters. The Morgan fingerprint density at radius 1 is 1.44 bits per heavy atom.